The molecule has 0 aromatic carbocycles. The Morgan fingerprint density at radius 3 is 2.62 bits per heavy atom. The molecule has 0 atom stereocenters. The van der Waals surface area contributed by atoms with Crippen LogP contribution < -0.4 is 0 Å². The van der Waals surface area contributed by atoms with Crippen molar-refractivity contribution in [3.8, 4) is 0 Å². The first kappa shape index (κ1) is 13.0. The zero-order valence-electron chi connectivity index (χ0n) is 9.74. The molecular weight excluding hydrogens is 210 g/mol. The van der Waals surface area contributed by atoms with Gasteiger partial charge in [0.2, 0.25) is 5.91 Å². The van der Waals surface area contributed by atoms with Gasteiger partial charge in [0.05, 0.1) is 19.8 Å². The van der Waals surface area contributed by atoms with Crippen molar-refractivity contribution >= 4 is 11.9 Å². The standard InChI is InChI=1S/C11H19NO4/c1-2-3-6-16-11(14)9-10(13)12-4-7-15-8-5-12/h2-9H2,1H3. The highest BCUT2D eigenvalue weighted by atomic mass is 16.5. The van der Waals surface area contributed by atoms with E-state index in [-0.39, 0.29) is 12.3 Å². The number of unbranched alkanes of at least 4 members (excludes halogenated alkanes) is 1. The highest BCUT2D eigenvalue weighted by molar-refractivity contribution is 5.94. The van der Waals surface area contributed by atoms with Gasteiger partial charge in [-0.1, -0.05) is 13.3 Å². The first-order valence-corrected chi connectivity index (χ1v) is 5.75. The molecule has 0 aromatic heterocycles. The summed E-state index contributed by atoms with van der Waals surface area (Å²) in [7, 11) is 0. The molecule has 1 heterocycles. The summed E-state index contributed by atoms with van der Waals surface area (Å²) in [6.07, 6.45) is 1.67. The Bertz CT molecular complexity index is 236. The van der Waals surface area contributed by atoms with E-state index in [1.807, 2.05) is 6.92 Å². The molecule has 1 fully saturated rings. The molecule has 5 heteroatoms. The van der Waals surface area contributed by atoms with Crippen molar-refractivity contribution < 1.29 is 19.1 Å². The third-order valence-corrected chi connectivity index (χ3v) is 2.42. The molecule has 0 aliphatic carbocycles. The van der Waals surface area contributed by atoms with Crippen LogP contribution in [0.25, 0.3) is 0 Å². The number of hydrogen-bond acceptors (Lipinski definition) is 4. The molecule has 1 amide bonds. The average Bonchev–Trinajstić information content (AvgIpc) is 2.30. The van der Waals surface area contributed by atoms with Crippen molar-refractivity contribution in [1.82, 2.24) is 4.90 Å². The number of morpholine rings is 1. The van der Waals surface area contributed by atoms with Gasteiger partial charge in [-0.05, 0) is 6.42 Å². The van der Waals surface area contributed by atoms with Gasteiger partial charge in [-0.2, -0.15) is 0 Å². The Kier molecular flexibility index (Phi) is 5.85. The van der Waals surface area contributed by atoms with Crippen LogP contribution in [0.15, 0.2) is 0 Å². The van der Waals surface area contributed by atoms with Crippen molar-refractivity contribution in [1.29, 1.82) is 0 Å². The summed E-state index contributed by atoms with van der Waals surface area (Å²) in [4.78, 5) is 24.5. The average molecular weight is 229 g/mol. The highest BCUT2D eigenvalue weighted by Crippen LogP contribution is 2.01. The maximum absolute atomic E-state index is 11.6. The van der Waals surface area contributed by atoms with Crippen molar-refractivity contribution in [2.45, 2.75) is 26.2 Å². The molecule has 1 rings (SSSR count). The second-order valence-electron chi connectivity index (χ2n) is 3.74. The molecule has 16 heavy (non-hydrogen) atoms. The predicted molar refractivity (Wildman–Crippen MR) is 57.9 cm³/mol. The molecule has 0 N–H and O–H groups in total. The molecule has 0 radical (unpaired) electrons. The van der Waals surface area contributed by atoms with Crippen molar-refractivity contribution in [2.75, 3.05) is 32.9 Å². The lowest BCUT2D eigenvalue weighted by atomic mass is 10.3. The first-order valence-electron chi connectivity index (χ1n) is 5.75. The van der Waals surface area contributed by atoms with E-state index in [9.17, 15) is 9.59 Å². The Labute approximate surface area is 95.7 Å². The number of carbonyl (C=O) groups excluding carboxylic acids is 2. The van der Waals surface area contributed by atoms with Gasteiger partial charge in [0.15, 0.2) is 0 Å². The minimum atomic E-state index is -0.426. The van der Waals surface area contributed by atoms with Crippen LogP contribution in [0, 0.1) is 0 Å². The van der Waals surface area contributed by atoms with Crippen LogP contribution in [0.2, 0.25) is 0 Å². The zero-order valence-corrected chi connectivity index (χ0v) is 9.74. The van der Waals surface area contributed by atoms with Crippen LogP contribution in [0.5, 0.6) is 0 Å². The van der Waals surface area contributed by atoms with Gasteiger partial charge in [-0.25, -0.2) is 0 Å². The number of esters is 1. The number of amides is 1. The SMILES string of the molecule is CCCCOC(=O)CC(=O)N1CCOCC1. The van der Waals surface area contributed by atoms with Crippen LogP contribution in [0.3, 0.4) is 0 Å². The van der Waals surface area contributed by atoms with Crippen LogP contribution >= 0.6 is 0 Å². The van der Waals surface area contributed by atoms with Crippen LogP contribution in [0.4, 0.5) is 0 Å². The Morgan fingerprint density at radius 2 is 2.00 bits per heavy atom. The van der Waals surface area contributed by atoms with E-state index < -0.39 is 5.97 Å². The normalized spacial score (nSPS) is 15.9. The lowest BCUT2D eigenvalue weighted by Crippen LogP contribution is -2.41. The van der Waals surface area contributed by atoms with Crippen LogP contribution in [-0.2, 0) is 19.1 Å². The summed E-state index contributed by atoms with van der Waals surface area (Å²) in [6.45, 7) is 4.67. The number of hydrogen-bond donors (Lipinski definition) is 0. The fourth-order valence-corrected chi connectivity index (χ4v) is 1.43. The third kappa shape index (κ3) is 4.61. The van der Waals surface area contributed by atoms with E-state index in [2.05, 4.69) is 0 Å². The summed E-state index contributed by atoms with van der Waals surface area (Å²) in [5.41, 5.74) is 0. The van der Waals surface area contributed by atoms with Crippen LogP contribution in [-0.4, -0.2) is 49.7 Å². The van der Waals surface area contributed by atoms with Gasteiger partial charge in [-0.15, -0.1) is 0 Å². The lowest BCUT2D eigenvalue weighted by molar-refractivity contribution is -0.150. The summed E-state index contributed by atoms with van der Waals surface area (Å²) < 4.78 is 10.1. The van der Waals surface area contributed by atoms with Crippen molar-refractivity contribution in [3.05, 3.63) is 0 Å². The van der Waals surface area contributed by atoms with E-state index in [0.29, 0.717) is 32.9 Å². The Hall–Kier alpha value is -1.10. The fourth-order valence-electron chi connectivity index (χ4n) is 1.43. The maximum Gasteiger partial charge on any atom is 0.315 e. The quantitative estimate of drug-likeness (QED) is 0.393. The van der Waals surface area contributed by atoms with Crippen molar-refractivity contribution in [2.24, 2.45) is 0 Å². The van der Waals surface area contributed by atoms with Crippen LogP contribution in [0.1, 0.15) is 26.2 Å². The molecule has 0 unspecified atom stereocenters. The van der Waals surface area contributed by atoms with E-state index in [4.69, 9.17) is 9.47 Å². The second-order valence-corrected chi connectivity index (χ2v) is 3.74. The molecule has 0 bridgehead atoms. The third-order valence-electron chi connectivity index (χ3n) is 2.42. The molecule has 1 aliphatic rings. The van der Waals surface area contributed by atoms with E-state index in [1.54, 1.807) is 4.90 Å². The first-order chi connectivity index (χ1) is 7.74. The van der Waals surface area contributed by atoms with Gasteiger partial charge in [0, 0.05) is 13.1 Å². The number of rotatable bonds is 5. The zero-order chi connectivity index (χ0) is 11.8. The summed E-state index contributed by atoms with van der Waals surface area (Å²) >= 11 is 0. The largest absolute Gasteiger partial charge is 0.465 e. The summed E-state index contributed by atoms with van der Waals surface area (Å²) in [6, 6.07) is 0. The molecule has 1 saturated heterocycles. The monoisotopic (exact) mass is 229 g/mol. The molecule has 0 saturated carbocycles. The lowest BCUT2D eigenvalue weighted by Gasteiger charge is -2.26. The van der Waals surface area contributed by atoms with Gasteiger partial charge in [-0.3, -0.25) is 9.59 Å². The number of carbonyl (C=O) groups is 2. The Morgan fingerprint density at radius 1 is 1.31 bits per heavy atom. The van der Waals surface area contributed by atoms with E-state index >= 15 is 0 Å². The van der Waals surface area contributed by atoms with E-state index in [0.717, 1.165) is 12.8 Å². The maximum atomic E-state index is 11.6. The van der Waals surface area contributed by atoms with Gasteiger partial charge >= 0.3 is 5.97 Å². The summed E-state index contributed by atoms with van der Waals surface area (Å²) in [5, 5.41) is 0. The topological polar surface area (TPSA) is 55.8 Å². The highest BCUT2D eigenvalue weighted by Gasteiger charge is 2.19. The molecule has 0 aromatic rings. The molecular formula is C11H19NO4. The molecule has 92 valence electrons. The summed E-state index contributed by atoms with van der Waals surface area (Å²) in [5.74, 6) is -0.588. The van der Waals surface area contributed by atoms with Gasteiger partial charge in [0.1, 0.15) is 6.42 Å². The predicted octanol–water partition coefficient (Wildman–Crippen LogP) is 0.579. The van der Waals surface area contributed by atoms with Gasteiger partial charge in [0.25, 0.3) is 0 Å². The number of ether oxygens (including phenoxy) is 2. The second kappa shape index (κ2) is 7.22. The fraction of sp³-hybridized carbons (Fsp3) is 0.818. The van der Waals surface area contributed by atoms with Crippen molar-refractivity contribution in [3.63, 3.8) is 0 Å². The minimum absolute atomic E-state index is 0.149. The van der Waals surface area contributed by atoms with E-state index in [1.165, 1.54) is 0 Å². The molecule has 1 aliphatic heterocycles. The molecule has 0 spiro atoms. The molecule has 5 nitrogen and oxygen atoms in total. The smallest absolute Gasteiger partial charge is 0.315 e. The Balaban J connectivity index is 2.19. The minimum Gasteiger partial charge on any atom is -0.465 e. The van der Waals surface area contributed by atoms with Gasteiger partial charge < -0.3 is 14.4 Å². The number of nitrogens with zero attached hydrogens (tertiary/aromatic N) is 1.